The molecule has 3 amide bonds. The molecule has 242 valence electrons. The average Bonchev–Trinajstić information content (AvgIpc) is 2.98. The van der Waals surface area contributed by atoms with E-state index in [1.807, 2.05) is 13.8 Å². The van der Waals surface area contributed by atoms with E-state index in [0.717, 1.165) is 29.8 Å². The molecule has 0 saturated heterocycles. The van der Waals surface area contributed by atoms with Gasteiger partial charge in [0.05, 0.1) is 35.2 Å². The summed E-state index contributed by atoms with van der Waals surface area (Å²) in [5, 5.41) is 12.5. The van der Waals surface area contributed by atoms with Crippen molar-refractivity contribution in [2.75, 3.05) is 36.8 Å². The summed E-state index contributed by atoms with van der Waals surface area (Å²) in [6.07, 6.45) is -5.17. The molecule has 1 aliphatic rings. The third kappa shape index (κ3) is 8.05. The molecular weight excluding hydrogens is 613 g/mol. The molecule has 1 aliphatic heterocycles. The number of sulfonamides is 1. The molecule has 10 nitrogen and oxygen atoms in total. The van der Waals surface area contributed by atoms with E-state index in [1.54, 1.807) is 19.1 Å². The van der Waals surface area contributed by atoms with E-state index in [0.29, 0.717) is 0 Å². The smallest absolute Gasteiger partial charge is 0.416 e. The van der Waals surface area contributed by atoms with Gasteiger partial charge >= 0.3 is 12.2 Å². The van der Waals surface area contributed by atoms with E-state index in [2.05, 4.69) is 10.0 Å². The zero-order chi connectivity index (χ0) is 33.1. The molecule has 0 saturated carbocycles. The number of carbonyl (C=O) groups excluding carboxylic acids is 2. The number of hydrogen-bond donors (Lipinski definition) is 3. The number of aliphatic hydroxyl groups excluding tert-OH is 1. The molecule has 0 spiro atoms. The van der Waals surface area contributed by atoms with E-state index < -0.39 is 45.8 Å². The summed E-state index contributed by atoms with van der Waals surface area (Å²) in [6.45, 7) is 5.19. The van der Waals surface area contributed by atoms with Gasteiger partial charge < -0.3 is 25.0 Å². The summed E-state index contributed by atoms with van der Waals surface area (Å²) < 4.78 is 73.5. The largest absolute Gasteiger partial charge is 0.487 e. The number of anilines is 2. The Kier molecular flexibility index (Phi) is 9.98. The molecular formula is C31H35F3N4O6S. The number of aliphatic hydroxyl groups is 1. The van der Waals surface area contributed by atoms with Crippen molar-refractivity contribution < 1.29 is 41.0 Å². The van der Waals surface area contributed by atoms with Gasteiger partial charge in [-0.25, -0.2) is 13.2 Å². The quantitative estimate of drug-likeness (QED) is 0.308. The van der Waals surface area contributed by atoms with E-state index in [4.69, 9.17) is 4.74 Å². The second-order valence-corrected chi connectivity index (χ2v) is 12.8. The van der Waals surface area contributed by atoms with Crippen LogP contribution in [-0.2, 0) is 16.2 Å². The first-order chi connectivity index (χ1) is 21.1. The lowest BCUT2D eigenvalue weighted by molar-refractivity contribution is -0.137. The van der Waals surface area contributed by atoms with Crippen LogP contribution >= 0.6 is 0 Å². The van der Waals surface area contributed by atoms with Crippen LogP contribution in [0.5, 0.6) is 5.75 Å². The second kappa shape index (κ2) is 13.4. The number of benzene rings is 3. The average molecular weight is 649 g/mol. The van der Waals surface area contributed by atoms with Crippen LogP contribution in [0.25, 0.3) is 0 Å². The number of hydrogen-bond acceptors (Lipinski definition) is 6. The lowest BCUT2D eigenvalue weighted by Gasteiger charge is -2.38. The van der Waals surface area contributed by atoms with Gasteiger partial charge in [0.2, 0.25) is 0 Å². The fraction of sp³-hybridized carbons (Fsp3) is 0.355. The van der Waals surface area contributed by atoms with Crippen molar-refractivity contribution in [3.05, 3.63) is 83.4 Å². The SMILES string of the molecule is Cc1ccc(S(=O)(=O)Nc2ccc3c(c2)C(=O)N([C@@H](C)CO)C[C@H](C)[C@@H](CN(C)C(=O)Nc2ccc(C(F)(F)F)cc2)O3)cc1. The van der Waals surface area contributed by atoms with Crippen LogP contribution in [0.1, 0.15) is 35.3 Å². The number of carbonyl (C=O) groups is 2. The maximum atomic E-state index is 13.7. The van der Waals surface area contributed by atoms with Crippen LogP contribution in [0, 0.1) is 12.8 Å². The molecule has 0 aromatic heterocycles. The van der Waals surface area contributed by atoms with Crippen molar-refractivity contribution in [2.45, 2.75) is 44.0 Å². The van der Waals surface area contributed by atoms with Crippen molar-refractivity contribution in [1.29, 1.82) is 0 Å². The minimum absolute atomic E-state index is 0.0322. The monoisotopic (exact) mass is 648 g/mol. The zero-order valence-corrected chi connectivity index (χ0v) is 25.9. The third-order valence-corrected chi connectivity index (χ3v) is 8.91. The first-order valence-electron chi connectivity index (χ1n) is 14.1. The van der Waals surface area contributed by atoms with Crippen molar-refractivity contribution in [3.8, 4) is 5.75 Å². The lowest BCUT2D eigenvalue weighted by Crippen LogP contribution is -2.50. The maximum absolute atomic E-state index is 13.7. The third-order valence-electron chi connectivity index (χ3n) is 7.51. The fourth-order valence-corrected chi connectivity index (χ4v) is 5.80. The van der Waals surface area contributed by atoms with Crippen molar-refractivity contribution >= 4 is 33.3 Å². The minimum atomic E-state index is -4.50. The number of amides is 3. The van der Waals surface area contributed by atoms with E-state index in [1.165, 1.54) is 47.2 Å². The van der Waals surface area contributed by atoms with Gasteiger partial charge in [0, 0.05) is 30.9 Å². The summed E-state index contributed by atoms with van der Waals surface area (Å²) in [5.41, 5.74) is 0.411. The molecule has 3 aromatic rings. The highest BCUT2D eigenvalue weighted by atomic mass is 32.2. The van der Waals surface area contributed by atoms with Gasteiger partial charge in [-0.3, -0.25) is 9.52 Å². The Hall–Kier alpha value is -4.30. The highest BCUT2D eigenvalue weighted by molar-refractivity contribution is 7.92. The highest BCUT2D eigenvalue weighted by Crippen LogP contribution is 2.32. The van der Waals surface area contributed by atoms with Crippen LogP contribution in [0.3, 0.4) is 0 Å². The standard InChI is InChI=1S/C31H35F3N4O6S/c1-19-5-12-25(13-6-19)45(42,43)36-24-11-14-27-26(15-24)29(40)38(21(3)18-39)16-20(2)28(44-27)17-37(4)30(41)35-23-9-7-22(8-10-23)31(32,33)34/h5-15,20-21,28,36,39H,16-18H2,1-4H3,(H,35,41)/t20-,21-,28+/m0/s1. The van der Waals surface area contributed by atoms with Crippen LogP contribution in [0.2, 0.25) is 0 Å². The van der Waals surface area contributed by atoms with Gasteiger partial charge in [-0.05, 0) is 68.4 Å². The molecule has 45 heavy (non-hydrogen) atoms. The van der Waals surface area contributed by atoms with Crippen LogP contribution in [-0.4, -0.2) is 74.2 Å². The Morgan fingerprint density at radius 3 is 2.31 bits per heavy atom. The molecule has 0 unspecified atom stereocenters. The van der Waals surface area contributed by atoms with Crippen LogP contribution in [0.4, 0.5) is 29.3 Å². The molecule has 0 fully saturated rings. The molecule has 3 atom stereocenters. The summed E-state index contributed by atoms with van der Waals surface area (Å²) in [4.78, 5) is 29.5. The Labute approximate surface area is 259 Å². The summed E-state index contributed by atoms with van der Waals surface area (Å²) in [6, 6.07) is 13.5. The molecule has 3 N–H and O–H groups in total. The number of nitrogens with zero attached hydrogens (tertiary/aromatic N) is 2. The predicted molar refractivity (Wildman–Crippen MR) is 163 cm³/mol. The molecule has 14 heteroatoms. The number of halogens is 3. The topological polar surface area (TPSA) is 128 Å². The Morgan fingerprint density at radius 2 is 1.71 bits per heavy atom. The van der Waals surface area contributed by atoms with Gasteiger partial charge in [0.25, 0.3) is 15.9 Å². The van der Waals surface area contributed by atoms with Gasteiger partial charge in [-0.15, -0.1) is 0 Å². The van der Waals surface area contributed by atoms with E-state index >= 15 is 0 Å². The molecule has 0 radical (unpaired) electrons. The Morgan fingerprint density at radius 1 is 1.09 bits per heavy atom. The molecule has 1 heterocycles. The summed E-state index contributed by atoms with van der Waals surface area (Å²) >= 11 is 0. The number of rotatable bonds is 8. The molecule has 4 rings (SSSR count). The normalized spacial score (nSPS) is 17.8. The molecule has 0 aliphatic carbocycles. The number of alkyl halides is 3. The van der Waals surface area contributed by atoms with E-state index in [9.17, 15) is 36.3 Å². The van der Waals surface area contributed by atoms with Crippen molar-refractivity contribution in [3.63, 3.8) is 0 Å². The number of urea groups is 1. The molecule has 0 bridgehead atoms. The van der Waals surface area contributed by atoms with Gasteiger partial charge in [-0.1, -0.05) is 24.6 Å². The van der Waals surface area contributed by atoms with E-state index in [-0.39, 0.29) is 53.2 Å². The number of nitrogens with one attached hydrogen (secondary N) is 2. The predicted octanol–water partition coefficient (Wildman–Crippen LogP) is 5.20. The summed E-state index contributed by atoms with van der Waals surface area (Å²) in [5.74, 6) is -0.653. The van der Waals surface area contributed by atoms with Crippen molar-refractivity contribution in [2.24, 2.45) is 5.92 Å². The summed E-state index contributed by atoms with van der Waals surface area (Å²) in [7, 11) is -2.47. The molecule has 3 aromatic carbocycles. The number of ether oxygens (including phenoxy) is 1. The first kappa shape index (κ1) is 33.6. The van der Waals surface area contributed by atoms with Crippen LogP contribution in [0.15, 0.2) is 71.6 Å². The lowest BCUT2D eigenvalue weighted by atomic mass is 9.99. The fourth-order valence-electron chi connectivity index (χ4n) is 4.75. The number of fused-ring (bicyclic) bond motifs is 1. The number of likely N-dealkylation sites (N-methyl/N-ethyl adjacent to an activating group) is 1. The second-order valence-electron chi connectivity index (χ2n) is 11.1. The zero-order valence-electron chi connectivity index (χ0n) is 25.1. The van der Waals surface area contributed by atoms with Gasteiger partial charge in [-0.2, -0.15) is 13.2 Å². The van der Waals surface area contributed by atoms with Gasteiger partial charge in [0.15, 0.2) is 0 Å². The van der Waals surface area contributed by atoms with Gasteiger partial charge in [0.1, 0.15) is 11.9 Å². The minimum Gasteiger partial charge on any atom is -0.487 e. The van der Waals surface area contributed by atoms with Crippen molar-refractivity contribution in [1.82, 2.24) is 9.80 Å². The van der Waals surface area contributed by atoms with Crippen LogP contribution < -0.4 is 14.8 Å². The maximum Gasteiger partial charge on any atom is 0.416 e. The first-order valence-corrected chi connectivity index (χ1v) is 15.6. The Bertz CT molecular complexity index is 1630. The highest BCUT2D eigenvalue weighted by Gasteiger charge is 2.34. The Balaban J connectivity index is 1.57. The number of aryl methyl sites for hydroxylation is 1.